The van der Waals surface area contributed by atoms with Gasteiger partial charge in [0.05, 0.1) is 12.0 Å². The lowest BCUT2D eigenvalue weighted by atomic mass is 9.79. The Kier molecular flexibility index (Phi) is 8.33. The van der Waals surface area contributed by atoms with Crippen LogP contribution in [0, 0.1) is 5.41 Å². The van der Waals surface area contributed by atoms with Gasteiger partial charge in [-0.3, -0.25) is 4.79 Å². The normalized spacial score (nSPS) is 16.3. The lowest BCUT2D eigenvalue weighted by molar-refractivity contribution is -0.130. The molecule has 1 aromatic rings. The van der Waals surface area contributed by atoms with Gasteiger partial charge in [-0.2, -0.15) is 0 Å². The van der Waals surface area contributed by atoms with Crippen LogP contribution < -0.4 is 15.8 Å². The van der Waals surface area contributed by atoms with Gasteiger partial charge in [0.25, 0.3) is 0 Å². The van der Waals surface area contributed by atoms with Crippen molar-refractivity contribution in [3.63, 3.8) is 0 Å². The van der Waals surface area contributed by atoms with Crippen LogP contribution in [0.4, 0.5) is 5.69 Å². The van der Waals surface area contributed by atoms with Crippen molar-refractivity contribution < 1.29 is 19.0 Å². The van der Waals surface area contributed by atoms with Crippen molar-refractivity contribution in [2.24, 2.45) is 11.1 Å². The molecule has 1 heterocycles. The lowest BCUT2D eigenvalue weighted by Gasteiger charge is -2.34. The maximum absolute atomic E-state index is 12.5. The average molecular weight is 345 g/mol. The molecule has 1 aromatic carbocycles. The number of anilines is 1. The molecule has 130 valence electrons. The lowest BCUT2D eigenvalue weighted by Crippen LogP contribution is -2.46. The summed E-state index contributed by atoms with van der Waals surface area (Å²) < 4.78 is 15.7. The van der Waals surface area contributed by atoms with E-state index in [2.05, 4.69) is 5.32 Å². The molecule has 0 spiro atoms. The molecule has 6 nitrogen and oxygen atoms in total. The highest BCUT2D eigenvalue weighted by Gasteiger charge is 2.38. The minimum atomic E-state index is -0.522. The van der Waals surface area contributed by atoms with Gasteiger partial charge in [0.1, 0.15) is 12.4 Å². The number of ether oxygens (including phenoxy) is 3. The van der Waals surface area contributed by atoms with Gasteiger partial charge in [0.2, 0.25) is 5.91 Å². The summed E-state index contributed by atoms with van der Waals surface area (Å²) in [5.41, 5.74) is 6.05. The second-order valence-corrected chi connectivity index (χ2v) is 5.42. The summed E-state index contributed by atoms with van der Waals surface area (Å²) in [7, 11) is 1.63. The standard InChI is InChI=1S/C16H24N2O4.ClH/c1-20-10-11-22-14-4-2-13(3-5-14)18-15(19)16(12-17)6-8-21-9-7-16;/h2-5H,6-12,17H2,1H3,(H,18,19);1H. The van der Waals surface area contributed by atoms with Crippen molar-refractivity contribution in [2.75, 3.05) is 45.4 Å². The molecule has 0 saturated carbocycles. The Labute approximate surface area is 143 Å². The fourth-order valence-corrected chi connectivity index (χ4v) is 2.43. The van der Waals surface area contributed by atoms with Crippen molar-refractivity contribution in [3.8, 4) is 5.75 Å². The van der Waals surface area contributed by atoms with E-state index in [1.54, 1.807) is 7.11 Å². The summed E-state index contributed by atoms with van der Waals surface area (Å²) in [6.07, 6.45) is 1.32. The molecule has 0 unspecified atom stereocenters. The van der Waals surface area contributed by atoms with Gasteiger partial charge in [0, 0.05) is 32.6 Å². The third-order valence-electron chi connectivity index (χ3n) is 3.99. The van der Waals surface area contributed by atoms with E-state index >= 15 is 0 Å². The van der Waals surface area contributed by atoms with E-state index in [-0.39, 0.29) is 18.3 Å². The van der Waals surface area contributed by atoms with Crippen LogP contribution in [0.15, 0.2) is 24.3 Å². The van der Waals surface area contributed by atoms with Crippen LogP contribution in [0.3, 0.4) is 0 Å². The number of amides is 1. The van der Waals surface area contributed by atoms with Crippen LogP contribution in [0.5, 0.6) is 5.75 Å². The van der Waals surface area contributed by atoms with E-state index in [1.807, 2.05) is 24.3 Å². The molecule has 3 N–H and O–H groups in total. The number of hydrogen-bond acceptors (Lipinski definition) is 5. The summed E-state index contributed by atoms with van der Waals surface area (Å²) in [5.74, 6) is 0.709. The highest BCUT2D eigenvalue weighted by atomic mass is 35.5. The molecule has 0 aromatic heterocycles. The Balaban J connectivity index is 0.00000264. The quantitative estimate of drug-likeness (QED) is 0.737. The van der Waals surface area contributed by atoms with Gasteiger partial charge < -0.3 is 25.3 Å². The largest absolute Gasteiger partial charge is 0.491 e. The first-order valence-corrected chi connectivity index (χ1v) is 7.51. The Morgan fingerprint density at radius 3 is 2.48 bits per heavy atom. The van der Waals surface area contributed by atoms with Crippen molar-refractivity contribution in [1.29, 1.82) is 0 Å². The molecular formula is C16H25ClN2O4. The molecule has 1 amide bonds. The summed E-state index contributed by atoms with van der Waals surface area (Å²) in [5, 5.41) is 2.94. The Morgan fingerprint density at radius 2 is 1.91 bits per heavy atom. The highest BCUT2D eigenvalue weighted by Crippen LogP contribution is 2.31. The van der Waals surface area contributed by atoms with E-state index in [0.29, 0.717) is 45.8 Å². The first kappa shape index (κ1) is 19.7. The molecule has 0 radical (unpaired) electrons. The maximum Gasteiger partial charge on any atom is 0.232 e. The molecule has 1 aliphatic rings. The minimum absolute atomic E-state index is 0. The zero-order valence-electron chi connectivity index (χ0n) is 13.4. The van der Waals surface area contributed by atoms with Gasteiger partial charge in [0.15, 0.2) is 0 Å². The number of rotatable bonds is 7. The molecule has 0 aliphatic carbocycles. The Hall–Kier alpha value is -1.34. The minimum Gasteiger partial charge on any atom is -0.491 e. The summed E-state index contributed by atoms with van der Waals surface area (Å²) in [4.78, 5) is 12.5. The zero-order chi connectivity index (χ0) is 15.8. The zero-order valence-corrected chi connectivity index (χ0v) is 14.2. The average Bonchev–Trinajstić information content (AvgIpc) is 2.57. The van der Waals surface area contributed by atoms with Crippen LogP contribution in [-0.2, 0) is 14.3 Å². The predicted octanol–water partition coefficient (Wildman–Crippen LogP) is 1.83. The van der Waals surface area contributed by atoms with Crippen LogP contribution in [0.2, 0.25) is 0 Å². The maximum atomic E-state index is 12.5. The molecule has 0 bridgehead atoms. The number of nitrogens with two attached hydrogens (primary N) is 1. The van der Waals surface area contributed by atoms with Gasteiger partial charge in [-0.25, -0.2) is 0 Å². The fraction of sp³-hybridized carbons (Fsp3) is 0.562. The number of benzene rings is 1. The SMILES string of the molecule is COCCOc1ccc(NC(=O)C2(CN)CCOCC2)cc1.Cl. The van der Waals surface area contributed by atoms with Gasteiger partial charge >= 0.3 is 0 Å². The number of carbonyl (C=O) groups excluding carboxylic acids is 1. The molecule has 2 rings (SSSR count). The number of nitrogens with one attached hydrogen (secondary N) is 1. The molecule has 1 aliphatic heterocycles. The van der Waals surface area contributed by atoms with Crippen LogP contribution in [-0.4, -0.2) is 46.0 Å². The van der Waals surface area contributed by atoms with Crippen molar-refractivity contribution >= 4 is 24.0 Å². The molecule has 7 heteroatoms. The molecule has 0 atom stereocenters. The number of carbonyl (C=O) groups is 1. The highest BCUT2D eigenvalue weighted by molar-refractivity contribution is 5.95. The third-order valence-corrected chi connectivity index (χ3v) is 3.99. The topological polar surface area (TPSA) is 82.8 Å². The number of methoxy groups -OCH3 is 1. The number of halogens is 1. The van der Waals surface area contributed by atoms with E-state index in [4.69, 9.17) is 19.9 Å². The molecular weight excluding hydrogens is 320 g/mol. The van der Waals surface area contributed by atoms with Crippen molar-refractivity contribution in [3.05, 3.63) is 24.3 Å². The second-order valence-electron chi connectivity index (χ2n) is 5.42. The third kappa shape index (κ3) is 5.35. The number of hydrogen-bond donors (Lipinski definition) is 2. The van der Waals surface area contributed by atoms with Crippen LogP contribution in [0.1, 0.15) is 12.8 Å². The summed E-state index contributed by atoms with van der Waals surface area (Å²) >= 11 is 0. The second kappa shape index (κ2) is 9.72. The first-order chi connectivity index (χ1) is 10.7. The fourth-order valence-electron chi connectivity index (χ4n) is 2.43. The van der Waals surface area contributed by atoms with Gasteiger partial charge in [-0.15, -0.1) is 12.4 Å². The molecule has 23 heavy (non-hydrogen) atoms. The first-order valence-electron chi connectivity index (χ1n) is 7.51. The Morgan fingerprint density at radius 1 is 1.26 bits per heavy atom. The predicted molar refractivity (Wildman–Crippen MR) is 91.2 cm³/mol. The van der Waals surface area contributed by atoms with Crippen molar-refractivity contribution in [1.82, 2.24) is 0 Å². The summed E-state index contributed by atoms with van der Waals surface area (Å²) in [6.45, 7) is 2.53. The van der Waals surface area contributed by atoms with E-state index in [9.17, 15) is 4.79 Å². The van der Waals surface area contributed by atoms with E-state index in [1.165, 1.54) is 0 Å². The molecule has 1 saturated heterocycles. The smallest absolute Gasteiger partial charge is 0.232 e. The molecule has 1 fully saturated rings. The van der Waals surface area contributed by atoms with Crippen molar-refractivity contribution in [2.45, 2.75) is 12.8 Å². The van der Waals surface area contributed by atoms with Gasteiger partial charge in [-0.05, 0) is 37.1 Å². The van der Waals surface area contributed by atoms with E-state index < -0.39 is 5.41 Å². The summed E-state index contributed by atoms with van der Waals surface area (Å²) in [6, 6.07) is 7.29. The van der Waals surface area contributed by atoms with Crippen LogP contribution in [0.25, 0.3) is 0 Å². The Bertz CT molecular complexity index is 475. The van der Waals surface area contributed by atoms with Gasteiger partial charge in [-0.1, -0.05) is 0 Å². The van der Waals surface area contributed by atoms with E-state index in [0.717, 1.165) is 11.4 Å². The van der Waals surface area contributed by atoms with Crippen LogP contribution >= 0.6 is 12.4 Å². The monoisotopic (exact) mass is 344 g/mol.